The zero-order chi connectivity index (χ0) is 17.6. The van der Waals surface area contributed by atoms with E-state index in [-0.39, 0.29) is 11.6 Å². The molecule has 0 aliphatic carbocycles. The lowest BCUT2D eigenvalue weighted by molar-refractivity contribution is 0.757. The Morgan fingerprint density at radius 3 is 2.36 bits per heavy atom. The van der Waals surface area contributed by atoms with Gasteiger partial charge in [0.2, 0.25) is 0 Å². The number of para-hydroxylation sites is 1. The zero-order valence-corrected chi connectivity index (χ0v) is 13.9. The number of hydrogen-bond acceptors (Lipinski definition) is 4. The first-order valence-electron chi connectivity index (χ1n) is 7.56. The maximum absolute atomic E-state index is 12.0. The van der Waals surface area contributed by atoms with Crippen molar-refractivity contribution in [2.75, 3.05) is 5.43 Å². The van der Waals surface area contributed by atoms with Gasteiger partial charge in [-0.3, -0.25) is 19.8 Å². The number of anilines is 1. The van der Waals surface area contributed by atoms with Crippen molar-refractivity contribution in [2.24, 2.45) is 5.10 Å². The molecule has 2 N–H and O–H groups in total. The number of nitrogens with one attached hydrogen (secondary N) is 2. The fourth-order valence-corrected chi connectivity index (χ4v) is 2.39. The van der Waals surface area contributed by atoms with Crippen molar-refractivity contribution in [3.05, 3.63) is 98.3 Å². The van der Waals surface area contributed by atoms with Crippen LogP contribution in [-0.4, -0.2) is 15.3 Å². The van der Waals surface area contributed by atoms with E-state index < -0.39 is 11.2 Å². The van der Waals surface area contributed by atoms with Crippen LogP contribution in [-0.2, 0) is 6.54 Å². The quantitative estimate of drug-likeness (QED) is 0.546. The number of nitrogens with zero attached hydrogens (tertiary/aromatic N) is 2. The Hall–Kier alpha value is -3.12. The van der Waals surface area contributed by atoms with Gasteiger partial charge in [-0.1, -0.05) is 60.1 Å². The number of benzene rings is 2. The largest absolute Gasteiger partial charge is 0.328 e. The van der Waals surface area contributed by atoms with E-state index in [9.17, 15) is 9.59 Å². The molecule has 25 heavy (non-hydrogen) atoms. The molecule has 126 valence electrons. The van der Waals surface area contributed by atoms with E-state index in [2.05, 4.69) is 15.5 Å². The highest BCUT2D eigenvalue weighted by Gasteiger charge is 2.08. The minimum absolute atomic E-state index is 0.0527. The first kappa shape index (κ1) is 16.7. The van der Waals surface area contributed by atoms with Gasteiger partial charge in [-0.15, -0.1) is 0 Å². The highest BCUT2D eigenvalue weighted by molar-refractivity contribution is 6.30. The van der Waals surface area contributed by atoms with Crippen LogP contribution in [0.1, 0.15) is 5.56 Å². The summed E-state index contributed by atoms with van der Waals surface area (Å²) in [6, 6.07) is 18.9. The third-order valence-corrected chi connectivity index (χ3v) is 3.76. The zero-order valence-electron chi connectivity index (χ0n) is 13.1. The Morgan fingerprint density at radius 2 is 1.68 bits per heavy atom. The van der Waals surface area contributed by atoms with Crippen LogP contribution in [0.2, 0.25) is 5.02 Å². The maximum Gasteiger partial charge on any atom is 0.328 e. The first-order valence-corrected chi connectivity index (χ1v) is 7.93. The molecule has 1 aromatic heterocycles. The normalized spacial score (nSPS) is 11.3. The van der Waals surface area contributed by atoms with Crippen LogP contribution < -0.4 is 16.7 Å². The second-order valence-electron chi connectivity index (χ2n) is 5.27. The smallest absolute Gasteiger partial charge is 0.293 e. The van der Waals surface area contributed by atoms with Gasteiger partial charge in [-0.05, 0) is 17.7 Å². The summed E-state index contributed by atoms with van der Waals surface area (Å²) in [4.78, 5) is 25.6. The van der Waals surface area contributed by atoms with E-state index in [0.717, 1.165) is 11.3 Å². The molecule has 0 bridgehead atoms. The van der Waals surface area contributed by atoms with Crippen molar-refractivity contribution >= 4 is 23.0 Å². The number of H-pyrrole nitrogens is 1. The van der Waals surface area contributed by atoms with Crippen molar-refractivity contribution in [3.63, 3.8) is 0 Å². The molecule has 3 rings (SSSR count). The van der Waals surface area contributed by atoms with Gasteiger partial charge in [0, 0.05) is 6.20 Å². The van der Waals surface area contributed by atoms with Gasteiger partial charge in [0.25, 0.3) is 5.56 Å². The lowest BCUT2D eigenvalue weighted by Gasteiger charge is -2.10. The maximum atomic E-state index is 12.0. The first-order chi connectivity index (χ1) is 12.1. The second kappa shape index (κ2) is 7.63. The van der Waals surface area contributed by atoms with Gasteiger partial charge in [0.05, 0.1) is 17.9 Å². The molecule has 0 amide bonds. The third-order valence-electron chi connectivity index (χ3n) is 3.49. The van der Waals surface area contributed by atoms with Crippen LogP contribution in [0.15, 0.2) is 81.6 Å². The number of halogens is 1. The Labute approximate surface area is 148 Å². The lowest BCUT2D eigenvalue weighted by atomic mass is 10.1. The molecule has 0 spiro atoms. The summed E-state index contributed by atoms with van der Waals surface area (Å²) in [5.41, 5.74) is 4.11. The van der Waals surface area contributed by atoms with E-state index in [1.54, 1.807) is 0 Å². The van der Waals surface area contributed by atoms with Crippen LogP contribution in [0.25, 0.3) is 0 Å². The Bertz CT molecular complexity index is 995. The predicted molar refractivity (Wildman–Crippen MR) is 99.4 cm³/mol. The standard InChI is InChI=1S/C18H15ClN4O2/c19-15-11-23(18(25)20-17(15)24)12-16(13-7-3-1-4-8-13)22-21-14-9-5-2-6-10-14/h1-11,21H,12H2,(H,20,24,25)/b22-16-. The predicted octanol–water partition coefficient (Wildman–Crippen LogP) is 2.71. The molecule has 0 radical (unpaired) electrons. The Kier molecular flexibility index (Phi) is 5.11. The summed E-state index contributed by atoms with van der Waals surface area (Å²) < 4.78 is 1.31. The molecular weight excluding hydrogens is 340 g/mol. The van der Waals surface area contributed by atoms with Crippen LogP contribution >= 0.6 is 11.6 Å². The molecule has 0 saturated heterocycles. The Balaban J connectivity index is 1.96. The van der Waals surface area contributed by atoms with Crippen LogP contribution in [0.3, 0.4) is 0 Å². The van der Waals surface area contributed by atoms with Crippen LogP contribution in [0.4, 0.5) is 5.69 Å². The van der Waals surface area contributed by atoms with Gasteiger partial charge >= 0.3 is 5.69 Å². The third kappa shape index (κ3) is 4.24. The molecule has 0 fully saturated rings. The molecular formula is C18H15ClN4O2. The lowest BCUT2D eigenvalue weighted by Crippen LogP contribution is -2.32. The van der Waals surface area contributed by atoms with Gasteiger partial charge < -0.3 is 0 Å². The average molecular weight is 355 g/mol. The van der Waals surface area contributed by atoms with Crippen LogP contribution in [0, 0.1) is 0 Å². The number of hydrazone groups is 1. The molecule has 0 aliphatic heterocycles. The van der Waals surface area contributed by atoms with E-state index in [1.165, 1.54) is 10.8 Å². The van der Waals surface area contributed by atoms with E-state index in [1.807, 2.05) is 60.7 Å². The molecule has 2 aromatic carbocycles. The molecule has 0 aliphatic rings. The van der Waals surface area contributed by atoms with Crippen LogP contribution in [0.5, 0.6) is 0 Å². The minimum Gasteiger partial charge on any atom is -0.293 e. The van der Waals surface area contributed by atoms with Gasteiger partial charge in [-0.25, -0.2) is 4.79 Å². The number of hydrogen-bond donors (Lipinski definition) is 2. The minimum atomic E-state index is -0.608. The summed E-state index contributed by atoms with van der Waals surface area (Å²) in [6.07, 6.45) is 1.31. The molecule has 0 saturated carbocycles. The van der Waals surface area contributed by atoms with E-state index >= 15 is 0 Å². The molecule has 3 aromatic rings. The van der Waals surface area contributed by atoms with Crippen molar-refractivity contribution in [1.29, 1.82) is 0 Å². The highest BCUT2D eigenvalue weighted by atomic mass is 35.5. The average Bonchev–Trinajstić information content (AvgIpc) is 2.64. The summed E-state index contributed by atoms with van der Waals surface area (Å²) in [5, 5.41) is 4.37. The van der Waals surface area contributed by atoms with Gasteiger partial charge in [0.15, 0.2) is 0 Å². The number of aromatic amines is 1. The summed E-state index contributed by atoms with van der Waals surface area (Å²) >= 11 is 5.83. The van der Waals surface area contributed by atoms with Crippen molar-refractivity contribution in [1.82, 2.24) is 9.55 Å². The molecule has 0 atom stereocenters. The summed E-state index contributed by atoms with van der Waals surface area (Å²) in [6.45, 7) is 0.152. The summed E-state index contributed by atoms with van der Waals surface area (Å²) in [7, 11) is 0. The molecule has 0 unspecified atom stereocenters. The van der Waals surface area contributed by atoms with Gasteiger partial charge in [-0.2, -0.15) is 5.10 Å². The SMILES string of the molecule is O=c1[nH]c(=O)n(C/C(=N/Nc2ccccc2)c2ccccc2)cc1Cl. The van der Waals surface area contributed by atoms with Crippen molar-refractivity contribution in [3.8, 4) is 0 Å². The number of aromatic nitrogens is 2. The van der Waals surface area contributed by atoms with Gasteiger partial charge in [0.1, 0.15) is 5.02 Å². The fourth-order valence-electron chi connectivity index (χ4n) is 2.23. The molecule has 1 heterocycles. The Morgan fingerprint density at radius 1 is 1.04 bits per heavy atom. The fraction of sp³-hybridized carbons (Fsp3) is 0.0556. The van der Waals surface area contributed by atoms with Crippen molar-refractivity contribution < 1.29 is 0 Å². The molecule has 7 heteroatoms. The van der Waals surface area contributed by atoms with Crippen molar-refractivity contribution in [2.45, 2.75) is 6.54 Å². The second-order valence-corrected chi connectivity index (χ2v) is 5.67. The highest BCUT2D eigenvalue weighted by Crippen LogP contribution is 2.08. The monoisotopic (exact) mass is 354 g/mol. The van der Waals surface area contributed by atoms with E-state index in [0.29, 0.717) is 5.71 Å². The summed E-state index contributed by atoms with van der Waals surface area (Å²) in [5.74, 6) is 0. The topological polar surface area (TPSA) is 79.2 Å². The molecule has 6 nitrogen and oxygen atoms in total. The number of rotatable bonds is 5. The van der Waals surface area contributed by atoms with E-state index in [4.69, 9.17) is 11.6 Å².